The fourth-order valence-electron chi connectivity index (χ4n) is 2.04. The third kappa shape index (κ3) is 2.80. The van der Waals surface area contributed by atoms with E-state index in [9.17, 15) is 8.78 Å². The molecule has 0 spiro atoms. The molecule has 0 aliphatic heterocycles. The Kier molecular flexibility index (Phi) is 4.04. The van der Waals surface area contributed by atoms with Crippen molar-refractivity contribution >= 4 is 0 Å². The number of hydrogen-bond acceptors (Lipinski definition) is 2. The van der Waals surface area contributed by atoms with Gasteiger partial charge in [0, 0.05) is 6.54 Å². The summed E-state index contributed by atoms with van der Waals surface area (Å²) in [4.78, 5) is 0. The molecule has 2 aromatic carbocycles. The Labute approximate surface area is 117 Å². The first kappa shape index (κ1) is 14.5. The summed E-state index contributed by atoms with van der Waals surface area (Å²) in [6, 6.07) is 6.14. The lowest BCUT2D eigenvalue weighted by atomic mass is 10.1. The minimum Gasteiger partial charge on any atom is -0.451 e. The van der Waals surface area contributed by atoms with Gasteiger partial charge in [-0.25, -0.2) is 8.78 Å². The van der Waals surface area contributed by atoms with E-state index < -0.39 is 17.4 Å². The van der Waals surface area contributed by atoms with E-state index >= 15 is 0 Å². The summed E-state index contributed by atoms with van der Waals surface area (Å²) in [6.45, 7) is 5.77. The molecule has 0 aliphatic carbocycles. The number of rotatable bonds is 3. The third-order valence-electron chi connectivity index (χ3n) is 3.27. The van der Waals surface area contributed by atoms with Crippen LogP contribution in [0.25, 0.3) is 0 Å². The second-order valence-electron chi connectivity index (χ2n) is 4.90. The maximum absolute atomic E-state index is 13.9. The van der Waals surface area contributed by atoms with Crippen molar-refractivity contribution < 1.29 is 13.5 Å². The molecule has 0 bridgehead atoms. The highest BCUT2D eigenvalue weighted by Crippen LogP contribution is 2.32. The molecule has 0 radical (unpaired) electrons. The highest BCUT2D eigenvalue weighted by atomic mass is 19.1. The van der Waals surface area contributed by atoms with Gasteiger partial charge in [0.05, 0.1) is 0 Å². The minimum absolute atomic E-state index is 0.0801. The van der Waals surface area contributed by atoms with Gasteiger partial charge in [0.15, 0.2) is 17.4 Å². The second kappa shape index (κ2) is 5.59. The van der Waals surface area contributed by atoms with Crippen LogP contribution >= 0.6 is 0 Å². The van der Waals surface area contributed by atoms with Crippen molar-refractivity contribution in [3.05, 3.63) is 58.2 Å². The highest BCUT2D eigenvalue weighted by molar-refractivity contribution is 5.45. The smallest absolute Gasteiger partial charge is 0.198 e. The molecule has 0 amide bonds. The van der Waals surface area contributed by atoms with Gasteiger partial charge in [-0.15, -0.1) is 0 Å². The zero-order valence-corrected chi connectivity index (χ0v) is 11.8. The van der Waals surface area contributed by atoms with Crippen LogP contribution in [0.2, 0.25) is 0 Å². The van der Waals surface area contributed by atoms with Crippen molar-refractivity contribution in [2.45, 2.75) is 27.3 Å². The molecular weight excluding hydrogens is 260 g/mol. The van der Waals surface area contributed by atoms with E-state index in [-0.39, 0.29) is 6.54 Å². The summed E-state index contributed by atoms with van der Waals surface area (Å²) in [5.74, 6) is -1.43. The molecule has 0 aliphatic rings. The number of nitrogens with two attached hydrogens (primary N) is 1. The van der Waals surface area contributed by atoms with E-state index in [1.165, 1.54) is 12.1 Å². The maximum atomic E-state index is 13.9. The molecule has 4 heteroatoms. The number of ether oxygens (including phenoxy) is 1. The number of halogens is 2. The average Bonchev–Trinajstić information content (AvgIpc) is 2.38. The van der Waals surface area contributed by atoms with Crippen LogP contribution < -0.4 is 10.5 Å². The van der Waals surface area contributed by atoms with E-state index in [1.807, 2.05) is 26.8 Å². The van der Waals surface area contributed by atoms with Crippen LogP contribution in [0.15, 0.2) is 24.3 Å². The van der Waals surface area contributed by atoms with Gasteiger partial charge in [0.2, 0.25) is 0 Å². The van der Waals surface area contributed by atoms with Crippen molar-refractivity contribution in [1.29, 1.82) is 0 Å². The molecule has 20 heavy (non-hydrogen) atoms. The summed E-state index contributed by atoms with van der Waals surface area (Å²) in [5.41, 5.74) is 8.62. The molecule has 106 valence electrons. The zero-order chi connectivity index (χ0) is 14.9. The van der Waals surface area contributed by atoms with Gasteiger partial charge >= 0.3 is 0 Å². The standard InChI is InChI=1S/C16H17F2NO/c1-9-4-10(2)11(3)15(5-9)20-16-13(17)6-12(8-19)7-14(16)18/h4-7H,8,19H2,1-3H3. The lowest BCUT2D eigenvalue weighted by molar-refractivity contribution is 0.404. The first-order valence-electron chi connectivity index (χ1n) is 6.36. The van der Waals surface area contributed by atoms with Gasteiger partial charge < -0.3 is 10.5 Å². The van der Waals surface area contributed by atoms with Crippen LogP contribution in [0.3, 0.4) is 0 Å². The quantitative estimate of drug-likeness (QED) is 0.915. The first-order chi connectivity index (χ1) is 9.42. The second-order valence-corrected chi connectivity index (χ2v) is 4.90. The van der Waals surface area contributed by atoms with E-state index in [1.54, 1.807) is 6.07 Å². The van der Waals surface area contributed by atoms with Crippen LogP contribution in [0.5, 0.6) is 11.5 Å². The highest BCUT2D eigenvalue weighted by Gasteiger charge is 2.15. The Morgan fingerprint density at radius 3 is 2.15 bits per heavy atom. The van der Waals surface area contributed by atoms with Gasteiger partial charge in [0.25, 0.3) is 0 Å². The minimum atomic E-state index is -0.746. The normalized spacial score (nSPS) is 10.7. The van der Waals surface area contributed by atoms with Crippen molar-refractivity contribution in [2.75, 3.05) is 0 Å². The Morgan fingerprint density at radius 1 is 1.00 bits per heavy atom. The molecule has 0 unspecified atom stereocenters. The molecule has 0 saturated carbocycles. The zero-order valence-electron chi connectivity index (χ0n) is 11.8. The molecule has 2 nitrogen and oxygen atoms in total. The third-order valence-corrected chi connectivity index (χ3v) is 3.27. The van der Waals surface area contributed by atoms with Crippen molar-refractivity contribution in [3.8, 4) is 11.5 Å². The molecule has 0 saturated heterocycles. The summed E-state index contributed by atoms with van der Waals surface area (Å²) in [6.07, 6.45) is 0. The molecule has 2 aromatic rings. The molecule has 0 atom stereocenters. The molecule has 2 rings (SSSR count). The van der Waals surface area contributed by atoms with Crippen LogP contribution in [-0.4, -0.2) is 0 Å². The first-order valence-corrected chi connectivity index (χ1v) is 6.36. The molecule has 0 heterocycles. The number of aryl methyl sites for hydroxylation is 2. The fraction of sp³-hybridized carbons (Fsp3) is 0.250. The maximum Gasteiger partial charge on any atom is 0.198 e. The van der Waals surface area contributed by atoms with Gasteiger partial charge in [-0.1, -0.05) is 6.07 Å². The summed E-state index contributed by atoms with van der Waals surface area (Å²) in [5, 5.41) is 0. The predicted molar refractivity (Wildman–Crippen MR) is 75.0 cm³/mol. The largest absolute Gasteiger partial charge is 0.451 e. The molecule has 2 N–H and O–H groups in total. The van der Waals surface area contributed by atoms with Crippen LogP contribution in [0, 0.1) is 32.4 Å². The number of benzene rings is 2. The SMILES string of the molecule is Cc1cc(C)c(C)c(Oc2c(F)cc(CN)cc2F)c1. The Balaban J connectivity index is 2.45. The van der Waals surface area contributed by atoms with E-state index in [2.05, 4.69) is 0 Å². The Morgan fingerprint density at radius 2 is 1.60 bits per heavy atom. The lowest BCUT2D eigenvalue weighted by Gasteiger charge is -2.13. The monoisotopic (exact) mass is 277 g/mol. The summed E-state index contributed by atoms with van der Waals surface area (Å²) in [7, 11) is 0. The van der Waals surface area contributed by atoms with Crippen LogP contribution in [0.1, 0.15) is 22.3 Å². The topological polar surface area (TPSA) is 35.2 Å². The van der Waals surface area contributed by atoms with Crippen LogP contribution in [0.4, 0.5) is 8.78 Å². The van der Waals surface area contributed by atoms with Gasteiger partial charge in [-0.05, 0) is 61.2 Å². The van der Waals surface area contributed by atoms with E-state index in [0.717, 1.165) is 16.7 Å². The fourth-order valence-corrected chi connectivity index (χ4v) is 2.04. The summed E-state index contributed by atoms with van der Waals surface area (Å²) < 4.78 is 33.2. The van der Waals surface area contributed by atoms with Gasteiger partial charge in [-0.2, -0.15) is 0 Å². The van der Waals surface area contributed by atoms with E-state index in [4.69, 9.17) is 10.5 Å². The van der Waals surface area contributed by atoms with Crippen LogP contribution in [-0.2, 0) is 6.54 Å². The average molecular weight is 277 g/mol. The summed E-state index contributed by atoms with van der Waals surface area (Å²) >= 11 is 0. The molecular formula is C16H17F2NO. The lowest BCUT2D eigenvalue weighted by Crippen LogP contribution is -2.01. The van der Waals surface area contributed by atoms with Crippen molar-refractivity contribution in [2.24, 2.45) is 5.73 Å². The molecule has 0 fully saturated rings. The Bertz CT molecular complexity index is 630. The predicted octanol–water partition coefficient (Wildman–Crippen LogP) is 4.14. The van der Waals surface area contributed by atoms with Gasteiger partial charge in [-0.3, -0.25) is 0 Å². The van der Waals surface area contributed by atoms with E-state index in [0.29, 0.717) is 11.3 Å². The number of hydrogen-bond donors (Lipinski definition) is 1. The van der Waals surface area contributed by atoms with Crippen molar-refractivity contribution in [1.82, 2.24) is 0 Å². The molecule has 0 aromatic heterocycles. The van der Waals surface area contributed by atoms with Crippen molar-refractivity contribution in [3.63, 3.8) is 0 Å². The van der Waals surface area contributed by atoms with Gasteiger partial charge in [0.1, 0.15) is 5.75 Å². The Hall–Kier alpha value is -1.94.